The third-order valence-electron chi connectivity index (χ3n) is 8.83. The Morgan fingerprint density at radius 2 is 1.58 bits per heavy atom. The number of halogens is 6. The standard InChI is InChI=1S/C33H34BF6N3O5/c1-19-29(20-12-21(32(35,36)37)14-22(13-20)33(38,39)40)48-30(44)43(19)16-26-24(7-9-28(41-26)42-10-5-11-42)25-15-23(6-8-27(25)45-4)34-46-17-31(2,3)18-47-34/h6-9,12-15,19,29H,5,10-11,16-18H2,1-4H3/t19-,29-/m0/s1. The second-order valence-electron chi connectivity index (χ2n) is 13.1. The summed E-state index contributed by atoms with van der Waals surface area (Å²) in [7, 11) is 0.896. The number of hydrogen-bond acceptors (Lipinski definition) is 7. The molecule has 1 aromatic heterocycles. The molecule has 0 N–H and O–H groups in total. The number of alkyl halides is 6. The van der Waals surface area contributed by atoms with E-state index in [1.807, 2.05) is 38.1 Å². The van der Waals surface area contributed by atoms with Gasteiger partial charge in [0.05, 0.1) is 36.5 Å². The van der Waals surface area contributed by atoms with E-state index in [9.17, 15) is 31.1 Å². The van der Waals surface area contributed by atoms with E-state index in [0.717, 1.165) is 25.0 Å². The van der Waals surface area contributed by atoms with E-state index in [1.165, 1.54) is 18.9 Å². The molecule has 3 aliphatic rings. The monoisotopic (exact) mass is 677 g/mol. The van der Waals surface area contributed by atoms with Crippen LogP contribution in [-0.2, 0) is 32.9 Å². The van der Waals surface area contributed by atoms with Crippen molar-refractivity contribution >= 4 is 24.5 Å². The van der Waals surface area contributed by atoms with Crippen molar-refractivity contribution in [2.45, 2.75) is 58.2 Å². The van der Waals surface area contributed by atoms with Gasteiger partial charge in [0, 0.05) is 42.8 Å². The van der Waals surface area contributed by atoms with E-state index < -0.39 is 54.4 Å². The average molecular weight is 677 g/mol. The number of carbonyl (C=O) groups excluding carboxylic acids is 1. The fourth-order valence-corrected chi connectivity index (χ4v) is 6.01. The lowest BCUT2D eigenvalue weighted by Gasteiger charge is -2.33. The van der Waals surface area contributed by atoms with Gasteiger partial charge in [-0.15, -0.1) is 0 Å². The molecule has 256 valence electrons. The number of rotatable bonds is 7. The Balaban J connectivity index is 1.36. The summed E-state index contributed by atoms with van der Waals surface area (Å²) in [4.78, 5) is 21.5. The van der Waals surface area contributed by atoms with E-state index in [1.54, 1.807) is 6.07 Å². The molecule has 0 unspecified atom stereocenters. The third kappa shape index (κ3) is 6.80. The van der Waals surface area contributed by atoms with Gasteiger partial charge >= 0.3 is 25.6 Å². The molecule has 3 aliphatic heterocycles. The van der Waals surface area contributed by atoms with Gasteiger partial charge in [-0.1, -0.05) is 26.0 Å². The number of amides is 1. The highest BCUT2D eigenvalue weighted by Gasteiger charge is 2.44. The van der Waals surface area contributed by atoms with Gasteiger partial charge in [0.15, 0.2) is 0 Å². The number of hydrogen-bond donors (Lipinski definition) is 0. The van der Waals surface area contributed by atoms with Gasteiger partial charge in [-0.05, 0) is 60.8 Å². The molecule has 1 amide bonds. The molecule has 0 spiro atoms. The SMILES string of the molecule is COc1ccc(B2OCC(C)(C)CO2)cc1-c1ccc(N2CCC2)nc1CN1C(=O)O[C@H](c2cc(C(F)(F)F)cc(C(F)(F)F)c2)[C@@H]1C. The molecule has 6 rings (SSSR count). The lowest BCUT2D eigenvalue weighted by Crippen LogP contribution is -2.47. The topological polar surface area (TPSA) is 73.4 Å². The normalized spacial score (nSPS) is 21.3. The Morgan fingerprint density at radius 1 is 0.938 bits per heavy atom. The van der Waals surface area contributed by atoms with Gasteiger partial charge in [0.1, 0.15) is 17.7 Å². The van der Waals surface area contributed by atoms with Crippen LogP contribution >= 0.6 is 0 Å². The lowest BCUT2D eigenvalue weighted by molar-refractivity contribution is -0.143. The van der Waals surface area contributed by atoms with Gasteiger partial charge in [0.25, 0.3) is 0 Å². The number of ether oxygens (including phenoxy) is 2. The molecule has 3 fully saturated rings. The van der Waals surface area contributed by atoms with E-state index >= 15 is 0 Å². The van der Waals surface area contributed by atoms with Crippen molar-refractivity contribution in [1.29, 1.82) is 0 Å². The predicted molar refractivity (Wildman–Crippen MR) is 165 cm³/mol. The van der Waals surface area contributed by atoms with Crippen LogP contribution in [0, 0.1) is 5.41 Å². The fraction of sp³-hybridized carbons (Fsp3) is 0.455. The number of anilines is 1. The Bertz CT molecular complexity index is 1650. The molecule has 48 heavy (non-hydrogen) atoms. The van der Waals surface area contributed by atoms with E-state index in [4.69, 9.17) is 23.8 Å². The minimum atomic E-state index is -5.05. The first kappa shape index (κ1) is 33.9. The fourth-order valence-electron chi connectivity index (χ4n) is 6.01. The van der Waals surface area contributed by atoms with Crippen molar-refractivity contribution in [3.8, 4) is 16.9 Å². The molecule has 2 atom stereocenters. The summed E-state index contributed by atoms with van der Waals surface area (Å²) in [5.41, 5.74) is -1.11. The van der Waals surface area contributed by atoms with E-state index in [-0.39, 0.29) is 18.0 Å². The van der Waals surface area contributed by atoms with Crippen LogP contribution in [0.5, 0.6) is 5.75 Å². The van der Waals surface area contributed by atoms with Gasteiger partial charge in [-0.3, -0.25) is 4.90 Å². The van der Waals surface area contributed by atoms with Gasteiger partial charge < -0.3 is 23.7 Å². The van der Waals surface area contributed by atoms with E-state index in [2.05, 4.69) is 4.90 Å². The number of aromatic nitrogens is 1. The molecule has 0 saturated carbocycles. The molecular weight excluding hydrogens is 643 g/mol. The van der Waals surface area contributed by atoms with Crippen molar-refractivity contribution in [1.82, 2.24) is 9.88 Å². The lowest BCUT2D eigenvalue weighted by atomic mass is 9.75. The third-order valence-corrected chi connectivity index (χ3v) is 8.83. The van der Waals surface area contributed by atoms with Crippen LogP contribution in [0.15, 0.2) is 48.5 Å². The van der Waals surface area contributed by atoms with Gasteiger partial charge in [-0.2, -0.15) is 26.3 Å². The average Bonchev–Trinajstić information content (AvgIpc) is 3.27. The summed E-state index contributed by atoms with van der Waals surface area (Å²) in [6.07, 6.45) is -11.4. The molecule has 2 aromatic carbocycles. The van der Waals surface area contributed by atoms with Crippen LogP contribution in [0.4, 0.5) is 37.0 Å². The molecular formula is C33H34BF6N3O5. The number of carbonyl (C=O) groups is 1. The predicted octanol–water partition coefficient (Wildman–Crippen LogP) is 6.86. The molecule has 0 bridgehead atoms. The highest BCUT2D eigenvalue weighted by atomic mass is 19.4. The second-order valence-corrected chi connectivity index (χ2v) is 13.1. The molecule has 3 saturated heterocycles. The summed E-state index contributed by atoms with van der Waals surface area (Å²) in [5.74, 6) is 1.17. The molecule has 8 nitrogen and oxygen atoms in total. The smallest absolute Gasteiger partial charge is 0.493 e. The summed E-state index contributed by atoms with van der Waals surface area (Å²) < 4.78 is 105. The van der Waals surface area contributed by atoms with Crippen LogP contribution in [0.3, 0.4) is 0 Å². The molecule has 3 aromatic rings. The Hall–Kier alpha value is -3.98. The van der Waals surface area contributed by atoms with E-state index in [0.29, 0.717) is 53.7 Å². The zero-order valence-corrected chi connectivity index (χ0v) is 26.7. The summed E-state index contributed by atoms with van der Waals surface area (Å²) in [6, 6.07) is 9.48. The number of nitrogens with zero attached hydrogens (tertiary/aromatic N) is 3. The second kappa shape index (κ2) is 12.5. The van der Waals surface area contributed by atoms with Crippen LogP contribution in [0.25, 0.3) is 11.1 Å². The largest absolute Gasteiger partial charge is 0.496 e. The minimum absolute atomic E-state index is 0.0476. The number of benzene rings is 2. The number of methoxy groups -OCH3 is 1. The van der Waals surface area contributed by atoms with Crippen LogP contribution in [-0.4, -0.2) is 62.6 Å². The first-order valence-corrected chi connectivity index (χ1v) is 15.5. The number of pyridine rings is 1. The zero-order valence-electron chi connectivity index (χ0n) is 26.7. The van der Waals surface area contributed by atoms with Crippen molar-refractivity contribution in [2.24, 2.45) is 5.41 Å². The van der Waals surface area contributed by atoms with Gasteiger partial charge in [-0.25, -0.2) is 9.78 Å². The van der Waals surface area contributed by atoms with Crippen LogP contribution in [0.1, 0.15) is 55.7 Å². The summed E-state index contributed by atoms with van der Waals surface area (Å²) in [6.45, 7) is 8.01. The quantitative estimate of drug-likeness (QED) is 0.200. The Labute approximate surface area is 274 Å². The highest BCUT2D eigenvalue weighted by molar-refractivity contribution is 6.61. The number of cyclic esters (lactones) is 1. The highest BCUT2D eigenvalue weighted by Crippen LogP contribution is 2.42. The Morgan fingerprint density at radius 3 is 2.15 bits per heavy atom. The molecule has 0 aliphatic carbocycles. The molecule has 4 heterocycles. The summed E-state index contributed by atoms with van der Waals surface area (Å²) in [5, 5.41) is 0. The van der Waals surface area contributed by atoms with Gasteiger partial charge in [0.2, 0.25) is 0 Å². The van der Waals surface area contributed by atoms with Crippen molar-refractivity contribution in [2.75, 3.05) is 38.3 Å². The first-order chi connectivity index (χ1) is 22.5. The van der Waals surface area contributed by atoms with Crippen LogP contribution < -0.4 is 15.1 Å². The van der Waals surface area contributed by atoms with Crippen molar-refractivity contribution < 1.29 is 49.9 Å². The van der Waals surface area contributed by atoms with Crippen LogP contribution in [0.2, 0.25) is 0 Å². The maximum Gasteiger partial charge on any atom is 0.493 e. The summed E-state index contributed by atoms with van der Waals surface area (Å²) >= 11 is 0. The molecule has 0 radical (unpaired) electrons. The zero-order chi connectivity index (χ0) is 34.6. The Kier molecular flexibility index (Phi) is 8.82. The first-order valence-electron chi connectivity index (χ1n) is 15.5. The maximum atomic E-state index is 13.6. The minimum Gasteiger partial charge on any atom is -0.496 e. The van der Waals surface area contributed by atoms with Crippen molar-refractivity contribution in [3.63, 3.8) is 0 Å². The maximum absolute atomic E-state index is 13.6. The molecule has 15 heteroatoms. The van der Waals surface area contributed by atoms with Crippen molar-refractivity contribution in [3.05, 3.63) is 70.9 Å².